The lowest BCUT2D eigenvalue weighted by Crippen LogP contribution is -2.26. The first-order valence-corrected chi connectivity index (χ1v) is 6.23. The van der Waals surface area contributed by atoms with E-state index in [1.165, 1.54) is 10.8 Å². The Morgan fingerprint density at radius 3 is 2.83 bits per heavy atom. The number of aryl methyl sites for hydroxylation is 1. The van der Waals surface area contributed by atoms with Crippen LogP contribution in [0.2, 0.25) is 0 Å². The van der Waals surface area contributed by atoms with Gasteiger partial charge in [-0.2, -0.15) is 0 Å². The molecule has 0 spiro atoms. The van der Waals surface area contributed by atoms with Gasteiger partial charge in [-0.3, -0.25) is 9.36 Å². The summed E-state index contributed by atoms with van der Waals surface area (Å²) in [5.41, 5.74) is -0.129. The summed E-state index contributed by atoms with van der Waals surface area (Å²) < 4.78 is 28.3. The minimum Gasteiger partial charge on any atom is -0.291 e. The SMILES string of the molecule is Cc1ncc(I)c(=O)n1Cc1cc(F)ccc1F. The van der Waals surface area contributed by atoms with Crippen molar-refractivity contribution >= 4 is 22.6 Å². The summed E-state index contributed by atoms with van der Waals surface area (Å²) in [6, 6.07) is 3.18. The van der Waals surface area contributed by atoms with Gasteiger partial charge in [-0.1, -0.05) is 0 Å². The highest BCUT2D eigenvalue weighted by molar-refractivity contribution is 14.1. The summed E-state index contributed by atoms with van der Waals surface area (Å²) in [7, 11) is 0. The van der Waals surface area contributed by atoms with Crippen LogP contribution in [-0.4, -0.2) is 9.55 Å². The maximum absolute atomic E-state index is 13.5. The molecule has 1 heterocycles. The molecule has 0 aliphatic heterocycles. The zero-order chi connectivity index (χ0) is 13.3. The van der Waals surface area contributed by atoms with Crippen LogP contribution >= 0.6 is 22.6 Å². The van der Waals surface area contributed by atoms with Gasteiger partial charge in [0.15, 0.2) is 0 Å². The van der Waals surface area contributed by atoms with Crippen molar-refractivity contribution < 1.29 is 8.78 Å². The van der Waals surface area contributed by atoms with Crippen molar-refractivity contribution in [2.24, 2.45) is 0 Å². The zero-order valence-electron chi connectivity index (χ0n) is 9.45. The number of benzene rings is 1. The highest BCUT2D eigenvalue weighted by Gasteiger charge is 2.10. The van der Waals surface area contributed by atoms with E-state index in [0.29, 0.717) is 9.39 Å². The Balaban J connectivity index is 2.49. The number of rotatable bonds is 2. The van der Waals surface area contributed by atoms with Crippen molar-refractivity contribution in [3.63, 3.8) is 0 Å². The summed E-state index contributed by atoms with van der Waals surface area (Å²) in [4.78, 5) is 15.9. The normalized spacial score (nSPS) is 10.7. The van der Waals surface area contributed by atoms with Crippen molar-refractivity contribution in [2.45, 2.75) is 13.5 Å². The quantitative estimate of drug-likeness (QED) is 0.770. The molecule has 0 radical (unpaired) electrons. The fourth-order valence-corrected chi connectivity index (χ4v) is 2.00. The predicted octanol–water partition coefficient (Wildman–Crippen LogP) is 2.48. The molecule has 0 fully saturated rings. The highest BCUT2D eigenvalue weighted by Crippen LogP contribution is 2.11. The van der Waals surface area contributed by atoms with E-state index in [2.05, 4.69) is 4.98 Å². The van der Waals surface area contributed by atoms with Gasteiger partial charge in [0, 0.05) is 11.8 Å². The number of nitrogens with zero attached hydrogens (tertiary/aromatic N) is 2. The molecule has 0 atom stereocenters. The van der Waals surface area contributed by atoms with E-state index in [4.69, 9.17) is 0 Å². The Labute approximate surface area is 116 Å². The molecule has 18 heavy (non-hydrogen) atoms. The number of aromatic nitrogens is 2. The van der Waals surface area contributed by atoms with Crippen molar-refractivity contribution in [3.05, 3.63) is 61.3 Å². The Morgan fingerprint density at radius 2 is 2.11 bits per heavy atom. The van der Waals surface area contributed by atoms with E-state index in [1.54, 1.807) is 6.92 Å². The molecule has 94 valence electrons. The van der Waals surface area contributed by atoms with Crippen molar-refractivity contribution in [2.75, 3.05) is 0 Å². The molecule has 0 saturated carbocycles. The largest absolute Gasteiger partial charge is 0.291 e. The fraction of sp³-hybridized carbons (Fsp3) is 0.167. The molecule has 2 aromatic rings. The summed E-state index contributed by atoms with van der Waals surface area (Å²) in [6.07, 6.45) is 1.46. The van der Waals surface area contributed by atoms with Crippen LogP contribution in [0.15, 0.2) is 29.2 Å². The molecule has 0 bridgehead atoms. The first-order valence-electron chi connectivity index (χ1n) is 5.15. The van der Waals surface area contributed by atoms with Gasteiger partial charge in [0.2, 0.25) is 0 Å². The van der Waals surface area contributed by atoms with Crippen LogP contribution in [0.5, 0.6) is 0 Å². The monoisotopic (exact) mass is 362 g/mol. The summed E-state index contributed by atoms with van der Waals surface area (Å²) in [6.45, 7) is 1.62. The summed E-state index contributed by atoms with van der Waals surface area (Å²) in [5.74, 6) is -0.610. The van der Waals surface area contributed by atoms with Crippen molar-refractivity contribution in [1.29, 1.82) is 0 Å². The van der Waals surface area contributed by atoms with Gasteiger partial charge in [0.1, 0.15) is 17.5 Å². The van der Waals surface area contributed by atoms with Crippen molar-refractivity contribution in [3.8, 4) is 0 Å². The van der Waals surface area contributed by atoms with Gasteiger partial charge in [0.25, 0.3) is 5.56 Å². The Bertz CT molecular complexity index is 655. The van der Waals surface area contributed by atoms with Crippen LogP contribution in [0.1, 0.15) is 11.4 Å². The maximum Gasteiger partial charge on any atom is 0.267 e. The molecular weight excluding hydrogens is 353 g/mol. The van der Waals surface area contributed by atoms with Gasteiger partial charge >= 0.3 is 0 Å². The number of halogens is 3. The van der Waals surface area contributed by atoms with Crippen LogP contribution in [0.4, 0.5) is 8.78 Å². The fourth-order valence-electron chi connectivity index (χ4n) is 1.57. The third-order valence-electron chi connectivity index (χ3n) is 2.54. The van der Waals surface area contributed by atoms with Crippen LogP contribution in [0.25, 0.3) is 0 Å². The van der Waals surface area contributed by atoms with Crippen molar-refractivity contribution in [1.82, 2.24) is 9.55 Å². The van der Waals surface area contributed by atoms with E-state index in [1.807, 2.05) is 22.6 Å². The average molecular weight is 362 g/mol. The second-order valence-corrected chi connectivity index (χ2v) is 4.94. The van der Waals surface area contributed by atoms with Crippen LogP contribution in [0, 0.1) is 22.1 Å². The average Bonchev–Trinajstić information content (AvgIpc) is 2.34. The minimum atomic E-state index is -0.540. The molecule has 0 unspecified atom stereocenters. The second-order valence-electron chi connectivity index (χ2n) is 3.78. The lowest BCUT2D eigenvalue weighted by atomic mass is 10.2. The molecule has 0 saturated heterocycles. The molecule has 6 heteroatoms. The summed E-state index contributed by atoms with van der Waals surface area (Å²) in [5, 5.41) is 0. The van der Waals surface area contributed by atoms with Gasteiger partial charge in [-0.15, -0.1) is 0 Å². The molecular formula is C12H9F2IN2O. The number of hydrogen-bond acceptors (Lipinski definition) is 2. The molecule has 0 N–H and O–H groups in total. The Kier molecular flexibility index (Phi) is 3.74. The third-order valence-corrected chi connectivity index (χ3v) is 3.28. The standard InChI is InChI=1S/C12H9F2IN2O/c1-7-16-5-11(15)12(18)17(7)6-8-4-9(13)2-3-10(8)14/h2-5H,6H2,1H3. The van der Waals surface area contributed by atoms with Gasteiger partial charge in [-0.05, 0) is 47.7 Å². The molecule has 2 rings (SSSR count). The lowest BCUT2D eigenvalue weighted by Gasteiger charge is -2.10. The third kappa shape index (κ3) is 2.58. The minimum absolute atomic E-state index is 0.0297. The lowest BCUT2D eigenvalue weighted by molar-refractivity contribution is 0.569. The molecule has 0 aliphatic rings. The second kappa shape index (κ2) is 5.13. The molecule has 0 aliphatic carbocycles. The first kappa shape index (κ1) is 13.1. The zero-order valence-corrected chi connectivity index (χ0v) is 11.6. The molecule has 0 amide bonds. The molecule has 3 nitrogen and oxygen atoms in total. The van der Waals surface area contributed by atoms with E-state index < -0.39 is 11.6 Å². The van der Waals surface area contributed by atoms with Gasteiger partial charge < -0.3 is 0 Å². The molecule has 1 aromatic carbocycles. The summed E-state index contributed by atoms with van der Waals surface area (Å²) >= 11 is 1.86. The van der Waals surface area contributed by atoms with Crippen LogP contribution in [-0.2, 0) is 6.54 Å². The topological polar surface area (TPSA) is 34.9 Å². The van der Waals surface area contributed by atoms with E-state index in [0.717, 1.165) is 18.2 Å². The first-order chi connectivity index (χ1) is 8.49. The van der Waals surface area contributed by atoms with E-state index in [9.17, 15) is 13.6 Å². The molecule has 1 aromatic heterocycles. The smallest absolute Gasteiger partial charge is 0.267 e. The maximum atomic E-state index is 13.5. The predicted molar refractivity (Wildman–Crippen MR) is 71.4 cm³/mol. The van der Waals surface area contributed by atoms with Gasteiger partial charge in [0.05, 0.1) is 10.1 Å². The van der Waals surface area contributed by atoms with E-state index >= 15 is 0 Å². The van der Waals surface area contributed by atoms with Crippen LogP contribution in [0.3, 0.4) is 0 Å². The van der Waals surface area contributed by atoms with E-state index in [-0.39, 0.29) is 17.7 Å². The Morgan fingerprint density at radius 1 is 1.39 bits per heavy atom. The number of hydrogen-bond donors (Lipinski definition) is 0. The highest BCUT2D eigenvalue weighted by atomic mass is 127. The van der Waals surface area contributed by atoms with Gasteiger partial charge in [-0.25, -0.2) is 13.8 Å². The van der Waals surface area contributed by atoms with Crippen LogP contribution < -0.4 is 5.56 Å². The Hall–Kier alpha value is -1.31.